The first kappa shape index (κ1) is 13.9. The quantitative estimate of drug-likeness (QED) is 0.755. The zero-order valence-corrected chi connectivity index (χ0v) is 11.0. The monoisotopic (exact) mass is 229 g/mol. The molecule has 0 aromatic rings. The van der Waals surface area contributed by atoms with Gasteiger partial charge in [-0.05, 0) is 37.1 Å². The molecule has 0 amide bonds. The Hall–Kier alpha value is -0.120. The van der Waals surface area contributed by atoms with Gasteiger partial charge < -0.3 is 15.2 Å². The van der Waals surface area contributed by atoms with Crippen molar-refractivity contribution >= 4 is 0 Å². The van der Waals surface area contributed by atoms with Crippen LogP contribution in [0.15, 0.2) is 0 Å². The highest BCUT2D eigenvalue weighted by molar-refractivity contribution is 4.72. The van der Waals surface area contributed by atoms with Crippen LogP contribution >= 0.6 is 0 Å². The molecule has 96 valence electrons. The molecule has 0 radical (unpaired) electrons. The number of nitrogens with one attached hydrogen (secondary N) is 1. The lowest BCUT2D eigenvalue weighted by atomic mass is 9.89. The maximum atomic E-state index is 9.83. The normalized spacial score (nSPS) is 21.0. The maximum absolute atomic E-state index is 9.83. The smallest absolute Gasteiger partial charge is 0.0669 e. The number of hydrogen-bond donors (Lipinski definition) is 2. The fourth-order valence-corrected chi connectivity index (χ4v) is 2.18. The number of aliphatic hydroxyl groups is 1. The van der Waals surface area contributed by atoms with Crippen LogP contribution in [0.4, 0.5) is 0 Å². The van der Waals surface area contributed by atoms with E-state index >= 15 is 0 Å². The molecule has 1 aliphatic rings. The van der Waals surface area contributed by atoms with E-state index < -0.39 is 0 Å². The van der Waals surface area contributed by atoms with Crippen LogP contribution in [0.25, 0.3) is 0 Å². The second-order valence-corrected chi connectivity index (χ2v) is 6.13. The highest BCUT2D eigenvalue weighted by Crippen LogP contribution is 2.20. The molecule has 3 heteroatoms. The number of hydrogen-bond acceptors (Lipinski definition) is 3. The summed E-state index contributed by atoms with van der Waals surface area (Å²) in [6.07, 6.45) is 2.94. The summed E-state index contributed by atoms with van der Waals surface area (Å²) in [7, 11) is 0. The lowest BCUT2D eigenvalue weighted by molar-refractivity contribution is 0.0637. The van der Waals surface area contributed by atoms with Crippen LogP contribution in [0.3, 0.4) is 0 Å². The molecule has 0 saturated carbocycles. The van der Waals surface area contributed by atoms with E-state index in [1.54, 1.807) is 0 Å². The summed E-state index contributed by atoms with van der Waals surface area (Å²) in [5.74, 6) is 0.732. The van der Waals surface area contributed by atoms with Gasteiger partial charge in [0.25, 0.3) is 0 Å². The third-order valence-electron chi connectivity index (χ3n) is 3.00. The van der Waals surface area contributed by atoms with Gasteiger partial charge in [0.1, 0.15) is 0 Å². The Kier molecular flexibility index (Phi) is 5.73. The summed E-state index contributed by atoms with van der Waals surface area (Å²) in [5, 5.41) is 13.2. The predicted molar refractivity (Wildman–Crippen MR) is 66.5 cm³/mol. The second-order valence-electron chi connectivity index (χ2n) is 6.13. The zero-order chi connectivity index (χ0) is 12.0. The number of ether oxygens (including phenoxy) is 1. The van der Waals surface area contributed by atoms with E-state index in [9.17, 15) is 5.11 Å². The average molecular weight is 229 g/mol. The van der Waals surface area contributed by atoms with E-state index in [0.717, 1.165) is 44.9 Å². The van der Waals surface area contributed by atoms with Gasteiger partial charge in [-0.15, -0.1) is 0 Å². The van der Waals surface area contributed by atoms with Gasteiger partial charge in [-0.25, -0.2) is 0 Å². The Morgan fingerprint density at radius 3 is 2.50 bits per heavy atom. The van der Waals surface area contributed by atoms with Crippen molar-refractivity contribution in [1.29, 1.82) is 0 Å². The molecule has 1 fully saturated rings. The molecule has 0 spiro atoms. The van der Waals surface area contributed by atoms with E-state index in [-0.39, 0.29) is 11.5 Å². The van der Waals surface area contributed by atoms with Crippen molar-refractivity contribution in [3.63, 3.8) is 0 Å². The first-order valence-corrected chi connectivity index (χ1v) is 6.44. The third kappa shape index (κ3) is 6.46. The summed E-state index contributed by atoms with van der Waals surface area (Å²) in [6, 6.07) is 0. The highest BCUT2D eigenvalue weighted by atomic mass is 16.5. The molecule has 0 aromatic carbocycles. The molecule has 1 rings (SSSR count). The summed E-state index contributed by atoms with van der Waals surface area (Å²) in [4.78, 5) is 0. The van der Waals surface area contributed by atoms with E-state index in [1.807, 2.05) is 0 Å². The fraction of sp³-hybridized carbons (Fsp3) is 1.00. The third-order valence-corrected chi connectivity index (χ3v) is 3.00. The van der Waals surface area contributed by atoms with Gasteiger partial charge in [0.05, 0.1) is 6.10 Å². The van der Waals surface area contributed by atoms with Crippen LogP contribution in [0.5, 0.6) is 0 Å². The van der Waals surface area contributed by atoms with Crippen molar-refractivity contribution < 1.29 is 9.84 Å². The first-order chi connectivity index (χ1) is 7.47. The Balaban J connectivity index is 2.05. The van der Waals surface area contributed by atoms with Crippen molar-refractivity contribution in [3.8, 4) is 0 Å². The van der Waals surface area contributed by atoms with Crippen LogP contribution < -0.4 is 5.32 Å². The van der Waals surface area contributed by atoms with Gasteiger partial charge >= 0.3 is 0 Å². The Morgan fingerprint density at radius 1 is 1.31 bits per heavy atom. The molecule has 16 heavy (non-hydrogen) atoms. The molecule has 1 saturated heterocycles. The van der Waals surface area contributed by atoms with Crippen LogP contribution in [0, 0.1) is 11.3 Å². The molecule has 0 bridgehead atoms. The van der Waals surface area contributed by atoms with E-state index in [2.05, 4.69) is 26.1 Å². The van der Waals surface area contributed by atoms with Crippen molar-refractivity contribution in [2.45, 2.75) is 46.1 Å². The number of aliphatic hydroxyl groups excluding tert-OH is 1. The number of rotatable bonds is 5. The topological polar surface area (TPSA) is 41.5 Å². The highest BCUT2D eigenvalue weighted by Gasteiger charge is 2.17. The fourth-order valence-electron chi connectivity index (χ4n) is 2.18. The van der Waals surface area contributed by atoms with Crippen molar-refractivity contribution in [3.05, 3.63) is 0 Å². The second kappa shape index (κ2) is 6.58. The molecule has 3 nitrogen and oxygen atoms in total. The average Bonchev–Trinajstić information content (AvgIpc) is 2.16. The molecule has 1 atom stereocenters. The van der Waals surface area contributed by atoms with Crippen molar-refractivity contribution in [2.75, 3.05) is 26.3 Å². The Bertz CT molecular complexity index is 183. The van der Waals surface area contributed by atoms with Crippen LogP contribution in [0.2, 0.25) is 0 Å². The minimum absolute atomic E-state index is 0.208. The van der Waals surface area contributed by atoms with Gasteiger partial charge in [0, 0.05) is 19.8 Å². The molecule has 1 unspecified atom stereocenters. The van der Waals surface area contributed by atoms with Gasteiger partial charge in [-0.2, -0.15) is 0 Å². The van der Waals surface area contributed by atoms with E-state index in [0.29, 0.717) is 6.54 Å². The van der Waals surface area contributed by atoms with Gasteiger partial charge in [-0.3, -0.25) is 0 Å². The van der Waals surface area contributed by atoms with Crippen LogP contribution in [0.1, 0.15) is 40.0 Å². The summed E-state index contributed by atoms with van der Waals surface area (Å²) in [5.41, 5.74) is 0.208. The lowest BCUT2D eigenvalue weighted by Crippen LogP contribution is -2.34. The van der Waals surface area contributed by atoms with Gasteiger partial charge in [-0.1, -0.05) is 20.8 Å². The molecule has 0 aromatic heterocycles. The van der Waals surface area contributed by atoms with Crippen molar-refractivity contribution in [2.24, 2.45) is 11.3 Å². The summed E-state index contributed by atoms with van der Waals surface area (Å²) >= 11 is 0. The standard InChI is InChI=1S/C13H27NO2/c1-13(2,3)8-12(15)10-14-9-11-4-6-16-7-5-11/h11-12,14-15H,4-10H2,1-3H3. The molecular formula is C13H27NO2. The Labute approximate surface area is 99.6 Å². The summed E-state index contributed by atoms with van der Waals surface area (Å²) in [6.45, 7) is 10.0. The van der Waals surface area contributed by atoms with Crippen LogP contribution in [-0.2, 0) is 4.74 Å². The van der Waals surface area contributed by atoms with Gasteiger partial charge in [0.15, 0.2) is 0 Å². The van der Waals surface area contributed by atoms with Crippen LogP contribution in [-0.4, -0.2) is 37.5 Å². The lowest BCUT2D eigenvalue weighted by Gasteiger charge is -2.25. The maximum Gasteiger partial charge on any atom is 0.0669 e. The molecule has 1 aliphatic heterocycles. The largest absolute Gasteiger partial charge is 0.392 e. The van der Waals surface area contributed by atoms with Gasteiger partial charge in [0.2, 0.25) is 0 Å². The minimum Gasteiger partial charge on any atom is -0.392 e. The first-order valence-electron chi connectivity index (χ1n) is 6.44. The SMILES string of the molecule is CC(C)(C)CC(O)CNCC1CCOCC1. The molecule has 1 heterocycles. The molecular weight excluding hydrogens is 202 g/mol. The van der Waals surface area contributed by atoms with E-state index in [1.165, 1.54) is 0 Å². The van der Waals surface area contributed by atoms with Crippen molar-refractivity contribution in [1.82, 2.24) is 5.32 Å². The predicted octanol–water partition coefficient (Wildman–Crippen LogP) is 1.80. The van der Waals surface area contributed by atoms with E-state index in [4.69, 9.17) is 4.74 Å². The molecule has 0 aliphatic carbocycles. The summed E-state index contributed by atoms with van der Waals surface area (Å²) < 4.78 is 5.32. The Morgan fingerprint density at radius 2 is 1.94 bits per heavy atom. The zero-order valence-electron chi connectivity index (χ0n) is 11.0. The minimum atomic E-state index is -0.222. The molecule has 2 N–H and O–H groups in total.